The summed E-state index contributed by atoms with van der Waals surface area (Å²) in [5, 5.41) is 5.98. The van der Waals surface area contributed by atoms with Gasteiger partial charge in [-0.3, -0.25) is 14.5 Å². The maximum Gasteiger partial charge on any atom is 0.257 e. The highest BCUT2D eigenvalue weighted by molar-refractivity contribution is 8.14. The topological polar surface area (TPSA) is 53.7 Å². The number of hydrogen-bond donors (Lipinski definition) is 0. The number of aromatic nitrogens is 2. The zero-order valence-corrected chi connectivity index (χ0v) is 13.6. The van der Waals surface area contributed by atoms with E-state index in [1.54, 1.807) is 4.68 Å². The molecule has 21 heavy (non-hydrogen) atoms. The maximum absolute atomic E-state index is 12.5. The molecule has 2 aliphatic rings. The van der Waals surface area contributed by atoms with Crippen molar-refractivity contribution in [2.45, 2.75) is 19.1 Å². The van der Waals surface area contributed by atoms with Crippen LogP contribution in [-0.4, -0.2) is 68.6 Å². The van der Waals surface area contributed by atoms with Gasteiger partial charge in [-0.2, -0.15) is 5.10 Å². The van der Waals surface area contributed by atoms with Crippen molar-refractivity contribution in [3.8, 4) is 0 Å². The zero-order chi connectivity index (χ0) is 15.0. The van der Waals surface area contributed by atoms with Gasteiger partial charge < -0.3 is 9.80 Å². The number of amides is 1. The van der Waals surface area contributed by atoms with Crippen molar-refractivity contribution >= 4 is 22.8 Å². The van der Waals surface area contributed by atoms with Crippen LogP contribution in [0.2, 0.25) is 0 Å². The van der Waals surface area contributed by atoms with E-state index in [0.717, 1.165) is 43.6 Å². The molecule has 0 radical (unpaired) electrons. The summed E-state index contributed by atoms with van der Waals surface area (Å²) in [6.45, 7) is 8.23. The van der Waals surface area contributed by atoms with Gasteiger partial charge in [0.1, 0.15) is 0 Å². The smallest absolute Gasteiger partial charge is 0.257 e. The van der Waals surface area contributed by atoms with Crippen LogP contribution in [-0.2, 0) is 7.05 Å². The van der Waals surface area contributed by atoms with Gasteiger partial charge in [0, 0.05) is 44.7 Å². The molecule has 1 atom stereocenters. The van der Waals surface area contributed by atoms with Crippen molar-refractivity contribution in [1.29, 1.82) is 0 Å². The van der Waals surface area contributed by atoms with Crippen LogP contribution in [0.3, 0.4) is 0 Å². The second-order valence-electron chi connectivity index (χ2n) is 5.63. The maximum atomic E-state index is 12.5. The van der Waals surface area contributed by atoms with Gasteiger partial charge in [0.2, 0.25) is 0 Å². The van der Waals surface area contributed by atoms with Crippen molar-refractivity contribution < 1.29 is 4.79 Å². The van der Waals surface area contributed by atoms with Gasteiger partial charge in [0.05, 0.1) is 17.8 Å². The number of aryl methyl sites for hydroxylation is 2. The monoisotopic (exact) mass is 307 g/mol. The van der Waals surface area contributed by atoms with E-state index in [1.165, 1.54) is 0 Å². The molecule has 0 N–H and O–H groups in total. The van der Waals surface area contributed by atoms with Crippen LogP contribution in [0.4, 0.5) is 0 Å². The highest BCUT2D eigenvalue weighted by Gasteiger charge is 2.28. The Labute approximate surface area is 129 Å². The summed E-state index contributed by atoms with van der Waals surface area (Å²) in [4.78, 5) is 21.3. The SMILES string of the molecule is Cc1nn(C)cc1C(=O)N1CCN(C2=NC[C@@H](C)S2)CC1. The van der Waals surface area contributed by atoms with Crippen LogP contribution in [0.15, 0.2) is 11.2 Å². The van der Waals surface area contributed by atoms with Crippen LogP contribution in [0.5, 0.6) is 0 Å². The van der Waals surface area contributed by atoms with Gasteiger partial charge in [-0.25, -0.2) is 0 Å². The minimum absolute atomic E-state index is 0.0923. The summed E-state index contributed by atoms with van der Waals surface area (Å²) in [6, 6.07) is 0. The Hall–Kier alpha value is -1.50. The summed E-state index contributed by atoms with van der Waals surface area (Å²) in [6.07, 6.45) is 1.81. The normalized spacial score (nSPS) is 22.6. The van der Waals surface area contributed by atoms with Crippen molar-refractivity contribution in [3.63, 3.8) is 0 Å². The lowest BCUT2D eigenvalue weighted by atomic mass is 10.2. The third-order valence-electron chi connectivity index (χ3n) is 3.87. The summed E-state index contributed by atoms with van der Waals surface area (Å²) < 4.78 is 1.70. The molecule has 114 valence electrons. The van der Waals surface area contributed by atoms with E-state index in [2.05, 4.69) is 21.9 Å². The van der Waals surface area contributed by atoms with Gasteiger partial charge in [0.15, 0.2) is 5.17 Å². The average Bonchev–Trinajstić information content (AvgIpc) is 3.04. The third-order valence-corrected chi connectivity index (χ3v) is 5.02. The van der Waals surface area contributed by atoms with E-state index in [4.69, 9.17) is 0 Å². The molecule has 0 unspecified atom stereocenters. The molecular weight excluding hydrogens is 286 g/mol. The number of piperazine rings is 1. The number of rotatable bonds is 1. The Balaban J connectivity index is 1.61. The standard InChI is InChI=1S/C14H21N5OS/c1-10-8-15-14(21-10)19-6-4-18(5-7-19)13(20)12-9-17(3)16-11(12)2/h9-10H,4-8H2,1-3H3/t10-/m1/s1. The summed E-state index contributed by atoms with van der Waals surface area (Å²) in [7, 11) is 1.85. The number of carbonyl (C=O) groups excluding carboxylic acids is 1. The molecule has 0 spiro atoms. The Kier molecular flexibility index (Phi) is 3.93. The Morgan fingerprint density at radius 3 is 2.57 bits per heavy atom. The molecule has 1 amide bonds. The minimum Gasteiger partial charge on any atom is -0.348 e. The molecule has 1 aromatic heterocycles. The van der Waals surface area contributed by atoms with Gasteiger partial charge in [-0.1, -0.05) is 18.7 Å². The van der Waals surface area contributed by atoms with Crippen molar-refractivity contribution in [2.24, 2.45) is 12.0 Å². The van der Waals surface area contributed by atoms with E-state index in [0.29, 0.717) is 10.8 Å². The molecule has 3 rings (SSSR count). The fourth-order valence-corrected chi connectivity index (χ4v) is 3.71. The van der Waals surface area contributed by atoms with E-state index in [-0.39, 0.29) is 5.91 Å². The predicted octanol–water partition coefficient (Wildman–Crippen LogP) is 0.978. The van der Waals surface area contributed by atoms with Gasteiger partial charge in [-0.15, -0.1) is 0 Å². The fourth-order valence-electron chi connectivity index (χ4n) is 2.72. The molecule has 0 bridgehead atoms. The van der Waals surface area contributed by atoms with Crippen LogP contribution in [0.1, 0.15) is 23.0 Å². The molecule has 0 saturated carbocycles. The Morgan fingerprint density at radius 1 is 1.33 bits per heavy atom. The highest BCUT2D eigenvalue weighted by Crippen LogP contribution is 2.24. The van der Waals surface area contributed by atoms with Gasteiger partial charge in [0.25, 0.3) is 5.91 Å². The number of nitrogens with zero attached hydrogens (tertiary/aromatic N) is 5. The number of amidine groups is 1. The first-order valence-electron chi connectivity index (χ1n) is 7.30. The van der Waals surface area contributed by atoms with Gasteiger partial charge >= 0.3 is 0 Å². The third kappa shape index (κ3) is 2.92. The number of carbonyl (C=O) groups is 1. The van der Waals surface area contributed by atoms with Crippen LogP contribution >= 0.6 is 11.8 Å². The molecule has 2 aliphatic heterocycles. The van der Waals surface area contributed by atoms with Gasteiger partial charge in [-0.05, 0) is 6.92 Å². The second kappa shape index (κ2) is 5.71. The van der Waals surface area contributed by atoms with E-state index >= 15 is 0 Å². The van der Waals surface area contributed by atoms with Crippen LogP contribution < -0.4 is 0 Å². The molecule has 1 aromatic rings. The Morgan fingerprint density at radius 2 is 2.05 bits per heavy atom. The molecule has 6 nitrogen and oxygen atoms in total. The molecule has 0 aromatic carbocycles. The molecule has 3 heterocycles. The second-order valence-corrected chi connectivity index (χ2v) is 7.04. The molecular formula is C14H21N5OS. The van der Waals surface area contributed by atoms with E-state index in [1.807, 2.05) is 36.8 Å². The lowest BCUT2D eigenvalue weighted by Crippen LogP contribution is -2.49. The molecule has 0 aliphatic carbocycles. The minimum atomic E-state index is 0.0923. The van der Waals surface area contributed by atoms with Crippen molar-refractivity contribution in [2.75, 3.05) is 32.7 Å². The lowest BCUT2D eigenvalue weighted by molar-refractivity contribution is 0.0693. The van der Waals surface area contributed by atoms with E-state index < -0.39 is 0 Å². The zero-order valence-electron chi connectivity index (χ0n) is 12.7. The first kappa shape index (κ1) is 14.4. The summed E-state index contributed by atoms with van der Waals surface area (Å²) in [5.41, 5.74) is 1.52. The first-order chi connectivity index (χ1) is 10.0. The van der Waals surface area contributed by atoms with Crippen LogP contribution in [0.25, 0.3) is 0 Å². The molecule has 1 fully saturated rings. The quantitative estimate of drug-likeness (QED) is 0.776. The first-order valence-corrected chi connectivity index (χ1v) is 8.18. The molecule has 7 heteroatoms. The largest absolute Gasteiger partial charge is 0.348 e. The number of thioether (sulfide) groups is 1. The summed E-state index contributed by atoms with van der Waals surface area (Å²) in [5.74, 6) is 0.0923. The van der Waals surface area contributed by atoms with Crippen LogP contribution in [0, 0.1) is 6.92 Å². The fraction of sp³-hybridized carbons (Fsp3) is 0.643. The summed E-state index contributed by atoms with van der Waals surface area (Å²) >= 11 is 1.84. The van der Waals surface area contributed by atoms with Crippen molar-refractivity contribution in [1.82, 2.24) is 19.6 Å². The number of hydrogen-bond acceptors (Lipinski definition) is 5. The lowest BCUT2D eigenvalue weighted by Gasteiger charge is -2.35. The number of aliphatic imine (C=N–C) groups is 1. The highest BCUT2D eigenvalue weighted by atomic mass is 32.2. The molecule has 1 saturated heterocycles. The van der Waals surface area contributed by atoms with Crippen molar-refractivity contribution in [3.05, 3.63) is 17.5 Å². The Bertz CT molecular complexity index is 574. The predicted molar refractivity (Wildman–Crippen MR) is 84.8 cm³/mol. The average molecular weight is 307 g/mol. The van der Waals surface area contributed by atoms with E-state index in [9.17, 15) is 4.79 Å².